The summed E-state index contributed by atoms with van der Waals surface area (Å²) in [4.78, 5) is 25.0. The highest BCUT2D eigenvalue weighted by molar-refractivity contribution is 6.32. The highest BCUT2D eigenvalue weighted by Gasteiger charge is 2.18. The molecule has 0 amide bonds. The molecule has 8 heterocycles. The van der Waals surface area contributed by atoms with Gasteiger partial charge in [-0.2, -0.15) is 24.9 Å². The van der Waals surface area contributed by atoms with E-state index in [1.807, 2.05) is 257 Å². The first-order valence-corrected chi connectivity index (χ1v) is 35.6. The van der Waals surface area contributed by atoms with Crippen LogP contribution in [0.1, 0.15) is 50.7 Å². The van der Waals surface area contributed by atoms with Gasteiger partial charge in [0.25, 0.3) is 5.69 Å². The van der Waals surface area contributed by atoms with E-state index in [4.69, 9.17) is 36.4 Å². The average Bonchev–Trinajstić information content (AvgIpc) is 1.70. The van der Waals surface area contributed by atoms with Crippen molar-refractivity contribution in [2.24, 2.45) is 0 Å². The SMILES string of the molecule is C[N+](=O)c1cc(Cc2nnc3ccc(-c4ccccc4)nn23)ccc1O.Oc1ccc(Cc2cnc3ccc(-c4ccccc4)nn23)cc1Cl.c1ccc(COc2ccc(Cc3cnc4ccc(-c5ccccc5)nn34)cc2)cc1.c1ccc(Oc2ccc(Cc3cnc4ccc(-c5ccccc5)nn34)cc2)cc1. The van der Waals surface area contributed by atoms with Gasteiger partial charge in [0.2, 0.25) is 0 Å². The van der Waals surface area contributed by atoms with E-state index in [1.54, 1.807) is 28.8 Å². The van der Waals surface area contributed by atoms with Crippen LogP contribution >= 0.6 is 11.6 Å². The molecule has 0 aliphatic heterocycles. The highest BCUT2D eigenvalue weighted by atomic mass is 35.5. The molecule has 0 aliphatic rings. The molecule has 109 heavy (non-hydrogen) atoms. The fourth-order valence-electron chi connectivity index (χ4n) is 12.3. The van der Waals surface area contributed by atoms with Crippen molar-refractivity contribution >= 4 is 39.9 Å². The van der Waals surface area contributed by atoms with Crippen molar-refractivity contribution in [3.05, 3.63) is 395 Å². The van der Waals surface area contributed by atoms with Gasteiger partial charge in [-0.05, 0) is 131 Å². The molecule has 20 heteroatoms. The van der Waals surface area contributed by atoms with Crippen LogP contribution in [-0.2, 0) is 32.3 Å². The average molecular weight is 1450 g/mol. The number of imidazole rings is 3. The van der Waals surface area contributed by atoms with Gasteiger partial charge in [-0.25, -0.2) is 28.5 Å². The van der Waals surface area contributed by atoms with Crippen molar-refractivity contribution in [1.82, 2.24) is 63.6 Å². The van der Waals surface area contributed by atoms with Gasteiger partial charge in [-0.3, -0.25) is 0 Å². The molecule has 0 saturated heterocycles. The molecule has 0 aliphatic carbocycles. The molecule has 0 unspecified atom stereocenters. The summed E-state index contributed by atoms with van der Waals surface area (Å²) in [5, 5.41) is 47.0. The lowest BCUT2D eigenvalue weighted by Gasteiger charge is -2.08. The minimum Gasteiger partial charge on any atom is -0.506 e. The number of ether oxygens (including phenoxy) is 2. The summed E-state index contributed by atoms with van der Waals surface area (Å²) >= 11 is 5.99. The maximum atomic E-state index is 11.5. The summed E-state index contributed by atoms with van der Waals surface area (Å²) in [6, 6.07) is 103. The third-order valence-corrected chi connectivity index (χ3v) is 18.2. The van der Waals surface area contributed by atoms with Gasteiger partial charge in [-0.1, -0.05) is 218 Å². The number of benzene rings is 10. The molecule has 8 aromatic heterocycles. The predicted molar refractivity (Wildman–Crippen MR) is 423 cm³/mol. The van der Waals surface area contributed by atoms with Crippen molar-refractivity contribution < 1.29 is 24.4 Å². The lowest BCUT2D eigenvalue weighted by Crippen LogP contribution is -2.02. The molecule has 0 saturated carbocycles. The number of para-hydroxylation sites is 1. The van der Waals surface area contributed by atoms with E-state index >= 15 is 0 Å². The molecular formula is C89H70ClN14O5+. The Morgan fingerprint density at radius 1 is 0.349 bits per heavy atom. The van der Waals surface area contributed by atoms with Gasteiger partial charge in [0.05, 0.1) is 63.5 Å². The van der Waals surface area contributed by atoms with Crippen molar-refractivity contribution in [3.8, 4) is 73.8 Å². The number of nitrogens with zero attached hydrogens (tertiary/aromatic N) is 14. The monoisotopic (exact) mass is 1450 g/mol. The van der Waals surface area contributed by atoms with Crippen LogP contribution in [0.5, 0.6) is 28.7 Å². The number of aromatic nitrogens is 13. The molecule has 18 rings (SSSR count). The van der Waals surface area contributed by atoms with Crippen LogP contribution in [0, 0.1) is 4.91 Å². The first-order valence-electron chi connectivity index (χ1n) is 35.2. The van der Waals surface area contributed by atoms with Crippen molar-refractivity contribution in [3.63, 3.8) is 0 Å². The Labute approximate surface area is 632 Å². The molecule has 0 fully saturated rings. The zero-order valence-corrected chi connectivity index (χ0v) is 59.8. The number of phenolic OH excluding ortho intramolecular Hbond substituents is 2. The lowest BCUT2D eigenvalue weighted by molar-refractivity contribution is -0.429. The Kier molecular flexibility index (Phi) is 21.4. The third-order valence-electron chi connectivity index (χ3n) is 17.9. The number of rotatable bonds is 18. The Balaban J connectivity index is 0.000000116. The number of halogens is 1. The Hall–Kier alpha value is -14.3. The van der Waals surface area contributed by atoms with Crippen molar-refractivity contribution in [1.29, 1.82) is 0 Å². The van der Waals surface area contributed by atoms with E-state index < -0.39 is 0 Å². The normalized spacial score (nSPS) is 11.0. The fraction of sp³-hybridized carbons (Fsp3) is 0.0674. The summed E-state index contributed by atoms with van der Waals surface area (Å²) in [5.41, 5.74) is 19.7. The van der Waals surface area contributed by atoms with Crippen LogP contribution in [0.4, 0.5) is 5.69 Å². The third kappa shape index (κ3) is 17.4. The summed E-state index contributed by atoms with van der Waals surface area (Å²) in [5.74, 6) is 3.21. The second-order valence-electron chi connectivity index (χ2n) is 25.6. The van der Waals surface area contributed by atoms with E-state index in [1.165, 1.54) is 24.2 Å². The molecule has 19 nitrogen and oxygen atoms in total. The fourth-order valence-corrected chi connectivity index (χ4v) is 12.5. The van der Waals surface area contributed by atoms with Crippen LogP contribution in [0.3, 0.4) is 0 Å². The van der Waals surface area contributed by atoms with Crippen LogP contribution in [0.2, 0.25) is 5.02 Å². The van der Waals surface area contributed by atoms with Crippen LogP contribution in [0.15, 0.2) is 334 Å². The molecule has 10 aromatic carbocycles. The van der Waals surface area contributed by atoms with E-state index in [-0.39, 0.29) is 17.2 Å². The Morgan fingerprint density at radius 2 is 0.716 bits per heavy atom. The van der Waals surface area contributed by atoms with Crippen molar-refractivity contribution in [2.45, 2.75) is 32.3 Å². The smallest absolute Gasteiger partial charge is 0.297 e. The van der Waals surface area contributed by atoms with Gasteiger partial charge < -0.3 is 19.7 Å². The van der Waals surface area contributed by atoms with Crippen molar-refractivity contribution in [2.75, 3.05) is 7.05 Å². The molecular weight excluding hydrogens is 1380 g/mol. The van der Waals surface area contributed by atoms with E-state index in [9.17, 15) is 15.1 Å². The molecule has 532 valence electrons. The summed E-state index contributed by atoms with van der Waals surface area (Å²) in [6.45, 7) is 0.569. The highest BCUT2D eigenvalue weighted by Crippen LogP contribution is 2.30. The molecule has 0 spiro atoms. The Morgan fingerprint density at radius 3 is 1.16 bits per heavy atom. The Bertz CT molecular complexity index is 6090. The topological polar surface area (TPSA) is 213 Å². The second kappa shape index (κ2) is 33.2. The first kappa shape index (κ1) is 70.4. The standard InChI is InChI=1S/C26H21N3O.C25H19N3O.C19H14ClN3O.C19H15N5O2/c1-3-7-21(8-4-1)19-30-24-13-11-20(12-14-24)17-23-18-27-26-16-15-25(28-29(23)26)22-9-5-2-6-10-22;1-3-7-20(8-4-1)24-15-16-25-26-18-21(28(25)27-24)17-19-11-13-23(14-12-19)29-22-9-5-2-6-10-22;20-16-11-13(6-8-18(16)24)10-15-12-21-19-9-7-17(22-23(15)19)14-4-2-1-3-5-14;1-23(26)16-11-13(7-9-17(16)25)12-19-21-20-18-10-8-15(22-24(18)19)14-5-3-2-4-6-14/h1-16,18H,17,19H2;1-16,18H,17H2;1-9,11-12,24H,10H2;2-11H,12H2,1H3/p+1. The minimum absolute atomic E-state index is 0.0539. The van der Waals surface area contributed by atoms with Gasteiger partial charge in [0, 0.05) is 63.7 Å². The molecule has 0 radical (unpaired) electrons. The molecule has 0 atom stereocenters. The number of hydrogen-bond acceptors (Lipinski definition) is 14. The quantitative estimate of drug-likeness (QED) is 0.0765. The largest absolute Gasteiger partial charge is 0.506 e. The minimum atomic E-state index is -0.0539. The van der Waals surface area contributed by atoms with Gasteiger partial charge in [0.1, 0.15) is 29.6 Å². The maximum Gasteiger partial charge on any atom is 0.297 e. The number of fused-ring (bicyclic) bond motifs is 4. The molecule has 18 aromatic rings. The zero-order valence-electron chi connectivity index (χ0n) is 59.0. The second-order valence-corrected chi connectivity index (χ2v) is 26.0. The van der Waals surface area contributed by atoms with Crippen LogP contribution in [0.25, 0.3) is 67.6 Å². The van der Waals surface area contributed by atoms with E-state index in [0.29, 0.717) is 40.7 Å². The summed E-state index contributed by atoms with van der Waals surface area (Å²) < 4.78 is 19.8. The maximum absolute atomic E-state index is 11.5. The van der Waals surface area contributed by atoms with Gasteiger partial charge in [-0.15, -0.1) is 10.2 Å². The van der Waals surface area contributed by atoms with Crippen LogP contribution in [-0.4, -0.2) is 85.6 Å². The predicted octanol–water partition coefficient (Wildman–Crippen LogP) is 18.8. The molecule has 0 bridgehead atoms. The van der Waals surface area contributed by atoms with Crippen LogP contribution < -0.4 is 9.47 Å². The van der Waals surface area contributed by atoms with E-state index in [0.717, 1.165) is 126 Å². The summed E-state index contributed by atoms with van der Waals surface area (Å²) in [7, 11) is 1.35. The lowest BCUT2D eigenvalue weighted by atomic mass is 10.1. The van der Waals surface area contributed by atoms with E-state index in [2.05, 4.69) is 90.9 Å². The first-order chi connectivity index (χ1) is 53.5. The summed E-state index contributed by atoms with van der Waals surface area (Å²) in [6.07, 6.45) is 8.18. The van der Waals surface area contributed by atoms with Gasteiger partial charge >= 0.3 is 0 Å². The number of nitroso groups, excluding NO2 is 1. The van der Waals surface area contributed by atoms with Gasteiger partial charge in [0.15, 0.2) is 41.2 Å². The molecule has 2 N–H and O–H groups in total. The number of aromatic hydroxyl groups is 2. The number of hydrogen-bond donors (Lipinski definition) is 2. The zero-order chi connectivity index (χ0) is 74.3. The number of phenols is 2.